The summed E-state index contributed by atoms with van der Waals surface area (Å²) in [4.78, 5) is 0. The normalized spacial score (nSPS) is 13.6. The van der Waals surface area contributed by atoms with Gasteiger partial charge < -0.3 is 0 Å². The number of hydrogen-bond donors (Lipinski definition) is 0. The van der Waals surface area contributed by atoms with Crippen LogP contribution in [0.15, 0.2) is 54.6 Å². The summed E-state index contributed by atoms with van der Waals surface area (Å²) in [6.45, 7) is 1.84. The molecule has 0 saturated carbocycles. The van der Waals surface area contributed by atoms with Crippen molar-refractivity contribution < 1.29 is 4.39 Å². The zero-order valence-electron chi connectivity index (χ0n) is 10.2. The monoisotopic (exact) mass is 239 g/mol. The molecule has 0 aliphatic heterocycles. The van der Waals surface area contributed by atoms with Crippen LogP contribution < -0.4 is 0 Å². The van der Waals surface area contributed by atoms with E-state index in [0.29, 0.717) is 12.0 Å². The summed E-state index contributed by atoms with van der Waals surface area (Å²) in [6, 6.07) is 18.4. The highest BCUT2D eigenvalue weighted by Gasteiger charge is 2.27. The van der Waals surface area contributed by atoms with Crippen LogP contribution in [0.3, 0.4) is 0 Å². The Balaban J connectivity index is 2.35. The fourth-order valence-corrected chi connectivity index (χ4v) is 2.04. The van der Waals surface area contributed by atoms with E-state index in [9.17, 15) is 9.65 Å². The third-order valence-corrected chi connectivity index (χ3v) is 3.11. The lowest BCUT2D eigenvalue weighted by Crippen LogP contribution is -2.22. The van der Waals surface area contributed by atoms with E-state index in [4.69, 9.17) is 0 Å². The predicted octanol–water partition coefficient (Wildman–Crippen LogP) is 3.85. The Kier molecular flexibility index (Phi) is 3.43. The van der Waals surface area contributed by atoms with E-state index in [1.807, 2.05) is 37.3 Å². The molecule has 0 amide bonds. The third kappa shape index (κ3) is 2.57. The Morgan fingerprint density at radius 3 is 2.44 bits per heavy atom. The zero-order chi connectivity index (χ0) is 13.0. The van der Waals surface area contributed by atoms with Gasteiger partial charge >= 0.3 is 0 Å². The van der Waals surface area contributed by atoms with Crippen molar-refractivity contribution in [3.63, 3.8) is 0 Å². The first kappa shape index (κ1) is 12.3. The molecule has 0 aliphatic rings. The molecule has 2 aromatic carbocycles. The van der Waals surface area contributed by atoms with Gasteiger partial charge in [-0.2, -0.15) is 5.26 Å². The first-order chi connectivity index (χ1) is 8.64. The molecule has 2 rings (SSSR count). The molecule has 0 saturated heterocycles. The molecule has 0 heterocycles. The predicted molar refractivity (Wildman–Crippen MR) is 69.5 cm³/mol. The highest BCUT2D eigenvalue weighted by molar-refractivity contribution is 5.35. The lowest BCUT2D eigenvalue weighted by atomic mass is 9.78. The van der Waals surface area contributed by atoms with Gasteiger partial charge in [-0.25, -0.2) is 4.39 Å². The van der Waals surface area contributed by atoms with Crippen LogP contribution >= 0.6 is 0 Å². The van der Waals surface area contributed by atoms with E-state index in [1.54, 1.807) is 12.1 Å². The van der Waals surface area contributed by atoms with Crippen LogP contribution in [0, 0.1) is 17.1 Å². The largest absolute Gasteiger partial charge is 0.207 e. The first-order valence-corrected chi connectivity index (χ1v) is 5.85. The van der Waals surface area contributed by atoms with Crippen LogP contribution in [-0.2, 0) is 11.8 Å². The van der Waals surface area contributed by atoms with Crippen molar-refractivity contribution in [2.24, 2.45) is 0 Å². The van der Waals surface area contributed by atoms with E-state index in [-0.39, 0.29) is 5.82 Å². The van der Waals surface area contributed by atoms with Gasteiger partial charge in [0.25, 0.3) is 0 Å². The van der Waals surface area contributed by atoms with Crippen molar-refractivity contribution >= 4 is 0 Å². The summed E-state index contributed by atoms with van der Waals surface area (Å²) < 4.78 is 13.3. The lowest BCUT2D eigenvalue weighted by Gasteiger charge is -2.22. The fraction of sp³-hybridized carbons (Fsp3) is 0.188. The van der Waals surface area contributed by atoms with Gasteiger partial charge in [0.1, 0.15) is 5.82 Å². The molecule has 0 spiro atoms. The second-order valence-electron chi connectivity index (χ2n) is 4.62. The molecule has 1 unspecified atom stereocenters. The van der Waals surface area contributed by atoms with Crippen molar-refractivity contribution in [2.45, 2.75) is 18.8 Å². The second-order valence-corrected chi connectivity index (χ2v) is 4.62. The van der Waals surface area contributed by atoms with E-state index in [0.717, 1.165) is 5.56 Å². The number of nitriles is 1. The lowest BCUT2D eigenvalue weighted by molar-refractivity contribution is 0.584. The molecule has 90 valence electrons. The molecule has 0 N–H and O–H groups in total. The van der Waals surface area contributed by atoms with Gasteiger partial charge in [-0.1, -0.05) is 42.5 Å². The smallest absolute Gasteiger partial charge is 0.123 e. The first-order valence-electron chi connectivity index (χ1n) is 5.85. The average molecular weight is 239 g/mol. The number of benzene rings is 2. The Labute approximate surface area is 107 Å². The van der Waals surface area contributed by atoms with Gasteiger partial charge in [0.2, 0.25) is 0 Å². The zero-order valence-corrected chi connectivity index (χ0v) is 10.2. The molecule has 0 radical (unpaired) electrons. The number of rotatable bonds is 3. The standard InChI is InChI=1S/C16H14FN/c1-16(12-18,11-13-6-3-2-4-7-13)14-8-5-9-15(17)10-14/h2-10H,11H2,1H3. The maximum Gasteiger partial charge on any atom is 0.123 e. The van der Waals surface area contributed by atoms with Gasteiger partial charge in [0.05, 0.1) is 11.5 Å². The molecule has 0 aliphatic carbocycles. The minimum absolute atomic E-state index is 0.304. The van der Waals surface area contributed by atoms with Crippen LogP contribution in [0.1, 0.15) is 18.1 Å². The maximum absolute atomic E-state index is 13.3. The Hall–Kier alpha value is -2.14. The summed E-state index contributed by atoms with van der Waals surface area (Å²) >= 11 is 0. The minimum atomic E-state index is -0.705. The highest BCUT2D eigenvalue weighted by Crippen LogP contribution is 2.27. The number of halogens is 1. The van der Waals surface area contributed by atoms with Crippen LogP contribution in [0.2, 0.25) is 0 Å². The molecule has 1 atom stereocenters. The van der Waals surface area contributed by atoms with Gasteiger partial charge in [-0.05, 0) is 36.6 Å². The van der Waals surface area contributed by atoms with Crippen molar-refractivity contribution in [3.05, 3.63) is 71.5 Å². The minimum Gasteiger partial charge on any atom is -0.207 e. The Morgan fingerprint density at radius 1 is 1.11 bits per heavy atom. The van der Waals surface area contributed by atoms with Crippen LogP contribution in [-0.4, -0.2) is 0 Å². The summed E-state index contributed by atoms with van der Waals surface area (Å²) in [5, 5.41) is 9.42. The van der Waals surface area contributed by atoms with Crippen LogP contribution in [0.4, 0.5) is 4.39 Å². The highest BCUT2D eigenvalue weighted by atomic mass is 19.1. The van der Waals surface area contributed by atoms with E-state index in [2.05, 4.69) is 6.07 Å². The maximum atomic E-state index is 13.3. The summed E-state index contributed by atoms with van der Waals surface area (Å²) in [5.74, 6) is -0.304. The van der Waals surface area contributed by atoms with E-state index < -0.39 is 5.41 Å². The molecule has 0 aromatic heterocycles. The third-order valence-electron chi connectivity index (χ3n) is 3.11. The van der Waals surface area contributed by atoms with Crippen molar-refractivity contribution in [2.75, 3.05) is 0 Å². The van der Waals surface area contributed by atoms with Crippen LogP contribution in [0.25, 0.3) is 0 Å². The van der Waals surface area contributed by atoms with E-state index >= 15 is 0 Å². The second kappa shape index (κ2) is 5.01. The quantitative estimate of drug-likeness (QED) is 0.798. The summed E-state index contributed by atoms with van der Waals surface area (Å²) in [5.41, 5.74) is 1.09. The Bertz CT molecular complexity index is 571. The summed E-state index contributed by atoms with van der Waals surface area (Å²) in [7, 11) is 0. The molecular formula is C16H14FN. The Morgan fingerprint density at radius 2 is 1.83 bits per heavy atom. The molecule has 2 aromatic rings. The summed E-state index contributed by atoms with van der Waals surface area (Å²) in [6.07, 6.45) is 0.577. The molecule has 0 bridgehead atoms. The van der Waals surface area contributed by atoms with E-state index in [1.165, 1.54) is 12.1 Å². The number of nitrogens with zero attached hydrogens (tertiary/aromatic N) is 1. The topological polar surface area (TPSA) is 23.8 Å². The van der Waals surface area contributed by atoms with Gasteiger partial charge in [0.15, 0.2) is 0 Å². The number of hydrogen-bond acceptors (Lipinski definition) is 1. The van der Waals surface area contributed by atoms with Crippen molar-refractivity contribution in [1.82, 2.24) is 0 Å². The van der Waals surface area contributed by atoms with Gasteiger partial charge in [0, 0.05) is 0 Å². The van der Waals surface area contributed by atoms with Crippen molar-refractivity contribution in [3.8, 4) is 6.07 Å². The van der Waals surface area contributed by atoms with Crippen LogP contribution in [0.5, 0.6) is 0 Å². The van der Waals surface area contributed by atoms with Crippen molar-refractivity contribution in [1.29, 1.82) is 5.26 Å². The molecule has 2 heteroatoms. The molecular weight excluding hydrogens is 225 g/mol. The van der Waals surface area contributed by atoms with Gasteiger partial charge in [-0.3, -0.25) is 0 Å². The average Bonchev–Trinajstić information content (AvgIpc) is 2.40. The SMILES string of the molecule is CC(C#N)(Cc1ccccc1)c1cccc(F)c1. The van der Waals surface area contributed by atoms with Gasteiger partial charge in [-0.15, -0.1) is 0 Å². The molecule has 18 heavy (non-hydrogen) atoms. The molecule has 1 nitrogen and oxygen atoms in total. The fourth-order valence-electron chi connectivity index (χ4n) is 2.04. The molecule has 0 fully saturated rings.